The summed E-state index contributed by atoms with van der Waals surface area (Å²) in [5.74, 6) is -0.195. The van der Waals surface area contributed by atoms with E-state index in [2.05, 4.69) is 47.8 Å². The molecular weight excluding hydrogens is 685 g/mol. The summed E-state index contributed by atoms with van der Waals surface area (Å²) in [6.45, 7) is 6.93. The molecule has 5 aromatic rings. The first-order chi connectivity index (χ1) is 25.5. The first kappa shape index (κ1) is 36.1. The Balaban J connectivity index is 1.22. The van der Waals surface area contributed by atoms with Gasteiger partial charge >= 0.3 is 0 Å². The average Bonchev–Trinajstić information content (AvgIpc) is 3.79. The maximum absolute atomic E-state index is 14.3. The normalized spacial score (nSPS) is 20.7. The average molecular weight is 731 g/mol. The van der Waals surface area contributed by atoms with E-state index < -0.39 is 19.8 Å². The van der Waals surface area contributed by atoms with Gasteiger partial charge in [0.05, 0.1) is 40.7 Å². The Hall–Kier alpha value is -5.23. The molecule has 0 aliphatic carbocycles. The van der Waals surface area contributed by atoms with Gasteiger partial charge in [0.1, 0.15) is 5.75 Å². The molecule has 1 aromatic heterocycles. The molecule has 274 valence electrons. The fraction of sp³-hybridized carbons (Fsp3) is 0.310. The first-order valence-corrected chi connectivity index (χ1v) is 21.2. The summed E-state index contributed by atoms with van der Waals surface area (Å²) in [6, 6.07) is 31.1. The zero-order valence-corrected chi connectivity index (χ0v) is 31.5. The molecule has 1 saturated heterocycles. The Kier molecular flexibility index (Phi) is 9.99. The van der Waals surface area contributed by atoms with Gasteiger partial charge in [0.25, 0.3) is 5.91 Å². The monoisotopic (exact) mass is 730 g/mol. The SMILES string of the molecule is COc1ccc([Si](C)(C)[C@H]2[C@H](CC(=O)N(CCO)Cc3ccccc3)O[C@@]3(C(=O)Nc4ccc(NC(=O)Cc5c[nH]c6ccccc56)cc43)[C@@H]2C)cc1. The Bertz CT molecular complexity index is 2130. The number of hydrogen-bond donors (Lipinski definition) is 4. The van der Waals surface area contributed by atoms with Crippen LogP contribution >= 0.6 is 0 Å². The van der Waals surface area contributed by atoms with Crippen molar-refractivity contribution in [3.8, 4) is 5.75 Å². The summed E-state index contributed by atoms with van der Waals surface area (Å²) in [6.07, 6.45) is 1.48. The number of para-hydroxylation sites is 1. The van der Waals surface area contributed by atoms with Crippen LogP contribution in [0.1, 0.15) is 30.0 Å². The molecule has 0 radical (unpaired) electrons. The van der Waals surface area contributed by atoms with E-state index in [4.69, 9.17) is 9.47 Å². The Morgan fingerprint density at radius 2 is 1.74 bits per heavy atom. The van der Waals surface area contributed by atoms with E-state index in [1.807, 2.05) is 85.1 Å². The van der Waals surface area contributed by atoms with Crippen LogP contribution in [0.5, 0.6) is 5.75 Å². The third-order valence-electron chi connectivity index (χ3n) is 11.2. The van der Waals surface area contributed by atoms with Crippen molar-refractivity contribution in [2.75, 3.05) is 30.9 Å². The minimum atomic E-state index is -2.50. The second-order valence-corrected chi connectivity index (χ2v) is 19.4. The van der Waals surface area contributed by atoms with Gasteiger partial charge in [-0.25, -0.2) is 0 Å². The lowest BCUT2D eigenvalue weighted by Gasteiger charge is -2.37. The first-order valence-electron chi connectivity index (χ1n) is 18.1. The number of carbonyl (C=O) groups excluding carboxylic acids is 3. The van der Waals surface area contributed by atoms with E-state index >= 15 is 0 Å². The van der Waals surface area contributed by atoms with Gasteiger partial charge in [-0.05, 0) is 53.1 Å². The summed E-state index contributed by atoms with van der Waals surface area (Å²) in [5.41, 5.74) is 3.09. The number of carbonyl (C=O) groups is 3. The van der Waals surface area contributed by atoms with E-state index in [1.165, 1.54) is 0 Å². The standard InChI is InChI=1S/C42H46N4O6Si/c1-27-40(53(3,4)32-17-15-31(51-2)16-18-32)37(24-39(49)46(20-21-47)26-28-10-6-5-7-11-28)52-42(27)34-23-30(14-19-36(34)45-41(42)50)44-38(48)22-29-25-43-35-13-9-8-12-33(29)35/h5-19,23,25,27,37,40,43,47H,20-22,24,26H2,1-4H3,(H,44,48)(H,45,50)/t27-,37+,40-,42+/m1/s1. The fourth-order valence-corrected chi connectivity index (χ4v) is 12.6. The number of amides is 3. The van der Waals surface area contributed by atoms with Crippen LogP contribution in [0.25, 0.3) is 10.9 Å². The number of hydrogen-bond acceptors (Lipinski definition) is 6. The molecule has 0 saturated carbocycles. The largest absolute Gasteiger partial charge is 0.497 e. The highest BCUT2D eigenvalue weighted by molar-refractivity contribution is 6.91. The Morgan fingerprint density at radius 3 is 2.47 bits per heavy atom. The zero-order valence-electron chi connectivity index (χ0n) is 30.5. The quantitative estimate of drug-likeness (QED) is 0.118. The molecule has 2 aliphatic heterocycles. The number of aliphatic hydroxyl groups excluding tert-OH is 1. The highest BCUT2D eigenvalue weighted by Crippen LogP contribution is 2.59. The third kappa shape index (κ3) is 6.76. The number of anilines is 2. The maximum atomic E-state index is 14.3. The van der Waals surface area contributed by atoms with Crippen molar-refractivity contribution in [2.45, 2.75) is 56.7 Å². The van der Waals surface area contributed by atoms with Crippen LogP contribution in [-0.2, 0) is 37.7 Å². The van der Waals surface area contributed by atoms with Gasteiger partial charge in [-0.3, -0.25) is 14.4 Å². The van der Waals surface area contributed by atoms with Crippen molar-refractivity contribution < 1.29 is 29.0 Å². The highest BCUT2D eigenvalue weighted by Gasteiger charge is 2.65. The van der Waals surface area contributed by atoms with Gasteiger partial charge in [-0.15, -0.1) is 0 Å². The van der Waals surface area contributed by atoms with E-state index in [0.29, 0.717) is 23.5 Å². The number of benzene rings is 4. The number of H-pyrrole nitrogens is 1. The van der Waals surface area contributed by atoms with E-state index in [-0.39, 0.29) is 55.2 Å². The molecular formula is C42H46N4O6Si. The predicted molar refractivity (Wildman–Crippen MR) is 209 cm³/mol. The molecule has 4 N–H and O–H groups in total. The number of ether oxygens (including phenoxy) is 2. The lowest BCUT2D eigenvalue weighted by Crippen LogP contribution is -2.52. The van der Waals surface area contributed by atoms with Gasteiger partial charge in [0, 0.05) is 53.0 Å². The van der Waals surface area contributed by atoms with Crippen molar-refractivity contribution >= 4 is 53.3 Å². The number of nitrogens with one attached hydrogen (secondary N) is 3. The Labute approximate surface area is 310 Å². The maximum Gasteiger partial charge on any atom is 0.261 e. The Morgan fingerprint density at radius 1 is 1.00 bits per heavy atom. The summed E-state index contributed by atoms with van der Waals surface area (Å²) in [5, 5.41) is 18.2. The molecule has 53 heavy (non-hydrogen) atoms. The van der Waals surface area contributed by atoms with Gasteiger partial charge in [-0.1, -0.05) is 85.9 Å². The number of aromatic amines is 1. The summed E-state index contributed by atoms with van der Waals surface area (Å²) < 4.78 is 12.5. The molecule has 10 nitrogen and oxygen atoms in total. The summed E-state index contributed by atoms with van der Waals surface area (Å²) >= 11 is 0. The fourth-order valence-electron chi connectivity index (χ4n) is 8.58. The topological polar surface area (TPSA) is 133 Å². The molecule has 7 rings (SSSR count). The molecule has 4 atom stereocenters. The highest BCUT2D eigenvalue weighted by atomic mass is 28.3. The molecule has 1 spiro atoms. The van der Waals surface area contributed by atoms with Crippen LogP contribution < -0.4 is 20.6 Å². The number of aromatic nitrogens is 1. The number of methoxy groups -OCH3 is 1. The van der Waals surface area contributed by atoms with Crippen molar-refractivity contribution in [1.82, 2.24) is 9.88 Å². The van der Waals surface area contributed by atoms with E-state index in [1.54, 1.807) is 18.1 Å². The van der Waals surface area contributed by atoms with Crippen LogP contribution in [-0.4, -0.2) is 67.2 Å². The molecule has 2 aliphatic rings. The lowest BCUT2D eigenvalue weighted by atomic mass is 9.82. The summed E-state index contributed by atoms with van der Waals surface area (Å²) in [7, 11) is -0.862. The lowest BCUT2D eigenvalue weighted by molar-refractivity contribution is -0.148. The van der Waals surface area contributed by atoms with Crippen molar-refractivity contribution in [3.63, 3.8) is 0 Å². The van der Waals surface area contributed by atoms with Crippen LogP contribution in [0.15, 0.2) is 103 Å². The summed E-state index contributed by atoms with van der Waals surface area (Å²) in [4.78, 5) is 46.7. The van der Waals surface area contributed by atoms with Crippen molar-refractivity contribution in [2.24, 2.45) is 5.92 Å². The second-order valence-electron chi connectivity index (χ2n) is 14.7. The molecule has 4 aromatic carbocycles. The van der Waals surface area contributed by atoms with Crippen molar-refractivity contribution in [1.29, 1.82) is 0 Å². The minimum Gasteiger partial charge on any atom is -0.497 e. The number of aliphatic hydroxyl groups is 1. The molecule has 11 heteroatoms. The number of fused-ring (bicyclic) bond motifs is 3. The molecule has 1 fully saturated rings. The molecule has 3 heterocycles. The third-order valence-corrected chi connectivity index (χ3v) is 15.6. The van der Waals surface area contributed by atoms with Crippen LogP contribution in [0.2, 0.25) is 18.6 Å². The number of nitrogens with zero attached hydrogens (tertiary/aromatic N) is 1. The molecule has 3 amide bonds. The minimum absolute atomic E-state index is 0.0415. The predicted octanol–water partition coefficient (Wildman–Crippen LogP) is 5.94. The zero-order chi connectivity index (χ0) is 37.3. The smallest absolute Gasteiger partial charge is 0.261 e. The van der Waals surface area contributed by atoms with Gasteiger partial charge in [0.15, 0.2) is 5.60 Å². The number of rotatable bonds is 12. The van der Waals surface area contributed by atoms with Gasteiger partial charge in [0.2, 0.25) is 11.8 Å². The van der Waals surface area contributed by atoms with E-state index in [9.17, 15) is 19.5 Å². The second kappa shape index (κ2) is 14.7. The van der Waals surface area contributed by atoms with Gasteiger partial charge in [-0.2, -0.15) is 0 Å². The molecule has 0 unspecified atom stereocenters. The van der Waals surface area contributed by atoms with Crippen LogP contribution in [0, 0.1) is 5.92 Å². The van der Waals surface area contributed by atoms with Crippen LogP contribution in [0.3, 0.4) is 0 Å². The van der Waals surface area contributed by atoms with Gasteiger partial charge < -0.3 is 35.1 Å². The van der Waals surface area contributed by atoms with Crippen LogP contribution in [0.4, 0.5) is 11.4 Å². The van der Waals surface area contributed by atoms with E-state index in [0.717, 1.165) is 33.0 Å². The van der Waals surface area contributed by atoms with Crippen molar-refractivity contribution in [3.05, 3.63) is 120 Å². The molecule has 0 bridgehead atoms.